The highest BCUT2D eigenvalue weighted by molar-refractivity contribution is 6.30. The molecule has 0 aliphatic heterocycles. The molecular formula is C11H10ClNO2. The van der Waals surface area contributed by atoms with Crippen molar-refractivity contribution in [3.63, 3.8) is 0 Å². The fraction of sp³-hybridized carbons (Fsp3) is 0.182. The lowest BCUT2D eigenvalue weighted by Crippen LogP contribution is -2.02. The van der Waals surface area contributed by atoms with Gasteiger partial charge in [0, 0.05) is 17.9 Å². The zero-order chi connectivity index (χ0) is 10.8. The van der Waals surface area contributed by atoms with Gasteiger partial charge in [0.2, 0.25) is 0 Å². The van der Waals surface area contributed by atoms with Crippen molar-refractivity contribution < 1.29 is 9.53 Å². The fourth-order valence-electron chi connectivity index (χ4n) is 1.41. The minimum atomic E-state index is -0.308. The van der Waals surface area contributed by atoms with Gasteiger partial charge in [-0.3, -0.25) is 0 Å². The van der Waals surface area contributed by atoms with E-state index in [9.17, 15) is 4.79 Å². The summed E-state index contributed by atoms with van der Waals surface area (Å²) in [4.78, 5) is 11.4. The fourth-order valence-corrected chi connectivity index (χ4v) is 1.58. The Morgan fingerprint density at radius 1 is 1.47 bits per heavy atom. The lowest BCUT2D eigenvalue weighted by atomic mass is 10.3. The number of carbonyl (C=O) groups excluding carboxylic acids is 1. The van der Waals surface area contributed by atoms with Gasteiger partial charge in [-0.05, 0) is 25.1 Å². The number of carbonyl (C=O) groups is 1. The minimum absolute atomic E-state index is 0.308. The number of esters is 1. The number of hydrogen-bond acceptors (Lipinski definition) is 2. The third-order valence-corrected chi connectivity index (χ3v) is 2.29. The molecule has 4 heteroatoms. The smallest absolute Gasteiger partial charge is 0.339 e. The van der Waals surface area contributed by atoms with Crippen LogP contribution in [-0.4, -0.2) is 17.0 Å². The molecule has 0 radical (unpaired) electrons. The van der Waals surface area contributed by atoms with Gasteiger partial charge < -0.3 is 9.14 Å². The molecule has 2 heterocycles. The van der Waals surface area contributed by atoms with Crippen molar-refractivity contribution in [3.8, 4) is 0 Å². The molecule has 0 saturated carbocycles. The van der Waals surface area contributed by atoms with Gasteiger partial charge in [-0.25, -0.2) is 4.79 Å². The van der Waals surface area contributed by atoms with E-state index in [4.69, 9.17) is 16.3 Å². The molecule has 78 valence electrons. The minimum Gasteiger partial charge on any atom is -0.462 e. The Kier molecular flexibility index (Phi) is 2.64. The Balaban J connectivity index is 2.42. The van der Waals surface area contributed by atoms with Crippen molar-refractivity contribution >= 4 is 23.1 Å². The van der Waals surface area contributed by atoms with E-state index in [0.717, 1.165) is 5.52 Å². The van der Waals surface area contributed by atoms with Crippen molar-refractivity contribution in [2.45, 2.75) is 6.92 Å². The second-order valence-electron chi connectivity index (χ2n) is 3.13. The molecule has 0 spiro atoms. The second-order valence-corrected chi connectivity index (χ2v) is 3.57. The maximum Gasteiger partial charge on any atom is 0.339 e. The van der Waals surface area contributed by atoms with Gasteiger partial charge in [-0.2, -0.15) is 0 Å². The molecule has 0 amide bonds. The van der Waals surface area contributed by atoms with Crippen molar-refractivity contribution in [2.24, 2.45) is 0 Å². The summed E-state index contributed by atoms with van der Waals surface area (Å²) in [5.41, 5.74) is 1.46. The number of halogens is 1. The van der Waals surface area contributed by atoms with Crippen molar-refractivity contribution in [1.29, 1.82) is 0 Å². The van der Waals surface area contributed by atoms with Gasteiger partial charge >= 0.3 is 5.97 Å². The van der Waals surface area contributed by atoms with Crippen LogP contribution in [0.15, 0.2) is 30.6 Å². The van der Waals surface area contributed by atoms with Crippen LogP contribution in [0.1, 0.15) is 17.3 Å². The molecule has 2 aromatic rings. The highest BCUT2D eigenvalue weighted by atomic mass is 35.5. The first kappa shape index (κ1) is 10.1. The molecule has 2 aromatic heterocycles. The zero-order valence-electron chi connectivity index (χ0n) is 8.24. The van der Waals surface area contributed by atoms with E-state index < -0.39 is 0 Å². The Labute approximate surface area is 92.2 Å². The summed E-state index contributed by atoms with van der Waals surface area (Å²) in [6.07, 6.45) is 3.46. The summed E-state index contributed by atoms with van der Waals surface area (Å²) in [5, 5.41) is 0.633. The normalized spacial score (nSPS) is 10.5. The van der Waals surface area contributed by atoms with Gasteiger partial charge in [0.25, 0.3) is 0 Å². The molecule has 0 bridgehead atoms. The summed E-state index contributed by atoms with van der Waals surface area (Å²) in [6, 6.07) is 5.41. The maximum atomic E-state index is 11.4. The zero-order valence-corrected chi connectivity index (χ0v) is 8.99. The lowest BCUT2D eigenvalue weighted by Gasteiger charge is -1.96. The lowest BCUT2D eigenvalue weighted by molar-refractivity contribution is 0.0526. The molecule has 2 rings (SSSR count). The Morgan fingerprint density at radius 2 is 2.27 bits per heavy atom. The molecular weight excluding hydrogens is 214 g/mol. The van der Waals surface area contributed by atoms with E-state index in [-0.39, 0.29) is 5.97 Å². The number of fused-ring (bicyclic) bond motifs is 1. The number of aromatic nitrogens is 1. The van der Waals surface area contributed by atoms with Crippen molar-refractivity contribution in [2.75, 3.05) is 6.61 Å². The second kappa shape index (κ2) is 3.95. The topological polar surface area (TPSA) is 30.7 Å². The average molecular weight is 224 g/mol. The molecule has 0 N–H and O–H groups in total. The SMILES string of the molecule is CCOC(=O)c1cc2ccc(Cl)cn2c1. The van der Waals surface area contributed by atoms with Crippen LogP contribution < -0.4 is 0 Å². The third kappa shape index (κ3) is 1.97. The van der Waals surface area contributed by atoms with E-state index in [1.54, 1.807) is 35.9 Å². The largest absolute Gasteiger partial charge is 0.462 e. The monoisotopic (exact) mass is 223 g/mol. The van der Waals surface area contributed by atoms with Crippen LogP contribution in [0.4, 0.5) is 0 Å². The van der Waals surface area contributed by atoms with Crippen LogP contribution in [0.25, 0.3) is 5.52 Å². The summed E-state index contributed by atoms with van der Waals surface area (Å²) in [6.45, 7) is 2.16. The van der Waals surface area contributed by atoms with E-state index in [1.165, 1.54) is 0 Å². The van der Waals surface area contributed by atoms with E-state index >= 15 is 0 Å². The number of nitrogens with zero attached hydrogens (tertiary/aromatic N) is 1. The predicted octanol–water partition coefficient (Wildman–Crippen LogP) is 2.77. The number of ether oxygens (including phenoxy) is 1. The van der Waals surface area contributed by atoms with Gasteiger partial charge in [0.15, 0.2) is 0 Å². The standard InChI is InChI=1S/C11H10ClNO2/c1-2-15-11(14)8-5-10-4-3-9(12)7-13(10)6-8/h3-7H,2H2,1H3. The van der Waals surface area contributed by atoms with Crippen LogP contribution >= 0.6 is 11.6 Å². The number of hydrogen-bond donors (Lipinski definition) is 0. The molecule has 0 aliphatic carbocycles. The van der Waals surface area contributed by atoms with Gasteiger partial charge in [-0.1, -0.05) is 11.6 Å². The Morgan fingerprint density at radius 3 is 3.00 bits per heavy atom. The van der Waals surface area contributed by atoms with Crippen LogP contribution in [0.3, 0.4) is 0 Å². The third-order valence-electron chi connectivity index (χ3n) is 2.07. The molecule has 0 unspecified atom stereocenters. The Hall–Kier alpha value is -1.48. The van der Waals surface area contributed by atoms with E-state index in [2.05, 4.69) is 0 Å². The summed E-state index contributed by atoms with van der Waals surface area (Å²) >= 11 is 5.83. The molecule has 3 nitrogen and oxygen atoms in total. The summed E-state index contributed by atoms with van der Waals surface area (Å²) in [7, 11) is 0. The highest BCUT2D eigenvalue weighted by Gasteiger charge is 2.09. The van der Waals surface area contributed by atoms with Crippen molar-refractivity contribution in [3.05, 3.63) is 41.2 Å². The Bertz CT molecular complexity index is 504. The summed E-state index contributed by atoms with van der Waals surface area (Å²) < 4.78 is 6.70. The first-order valence-electron chi connectivity index (χ1n) is 4.65. The van der Waals surface area contributed by atoms with Crippen LogP contribution in [0, 0.1) is 0 Å². The maximum absolute atomic E-state index is 11.4. The van der Waals surface area contributed by atoms with Gasteiger partial charge in [-0.15, -0.1) is 0 Å². The number of rotatable bonds is 2. The molecule has 0 aliphatic rings. The highest BCUT2D eigenvalue weighted by Crippen LogP contribution is 2.15. The van der Waals surface area contributed by atoms with Gasteiger partial charge in [0.05, 0.1) is 17.2 Å². The van der Waals surface area contributed by atoms with Crippen LogP contribution in [0.5, 0.6) is 0 Å². The van der Waals surface area contributed by atoms with Gasteiger partial charge in [0.1, 0.15) is 0 Å². The van der Waals surface area contributed by atoms with E-state index in [0.29, 0.717) is 17.2 Å². The summed E-state index contributed by atoms with van der Waals surface area (Å²) in [5.74, 6) is -0.308. The van der Waals surface area contributed by atoms with Crippen LogP contribution in [0.2, 0.25) is 5.02 Å². The van der Waals surface area contributed by atoms with E-state index in [1.807, 2.05) is 6.07 Å². The first-order chi connectivity index (χ1) is 7.20. The van der Waals surface area contributed by atoms with Crippen molar-refractivity contribution in [1.82, 2.24) is 4.40 Å². The number of pyridine rings is 1. The molecule has 0 saturated heterocycles. The molecule has 0 atom stereocenters. The molecule has 0 fully saturated rings. The van der Waals surface area contributed by atoms with Crippen LogP contribution in [-0.2, 0) is 4.74 Å². The predicted molar refractivity (Wildman–Crippen MR) is 58.4 cm³/mol. The molecule has 0 aromatic carbocycles. The average Bonchev–Trinajstić information content (AvgIpc) is 2.60. The first-order valence-corrected chi connectivity index (χ1v) is 5.03. The quantitative estimate of drug-likeness (QED) is 0.733. The molecule has 15 heavy (non-hydrogen) atoms.